The zero-order valence-corrected chi connectivity index (χ0v) is 15.4. The number of ether oxygens (including phenoxy) is 2. The van der Waals surface area contributed by atoms with Crippen LogP contribution in [0.25, 0.3) is 0 Å². The van der Waals surface area contributed by atoms with E-state index in [1.165, 1.54) is 0 Å². The second-order valence-corrected chi connectivity index (χ2v) is 6.83. The highest BCUT2D eigenvalue weighted by atomic mass is 32.2. The standard InChI is InChI=1S/C19H23NO4S/c1-22-16-5-3-4-6-17(16)23-14-9-11-20(12-10-14)19(21)18-8-7-15(24-18)13-25-2/h3-8,14H,9-13H2,1-2H3. The van der Waals surface area contributed by atoms with Crippen LogP contribution in [0.15, 0.2) is 40.8 Å². The second kappa shape index (κ2) is 8.34. The summed E-state index contributed by atoms with van der Waals surface area (Å²) in [7, 11) is 1.64. The first-order valence-corrected chi connectivity index (χ1v) is 9.77. The smallest absolute Gasteiger partial charge is 0.289 e. The highest BCUT2D eigenvalue weighted by Crippen LogP contribution is 2.29. The summed E-state index contributed by atoms with van der Waals surface area (Å²) < 4.78 is 17.0. The van der Waals surface area contributed by atoms with Crippen molar-refractivity contribution >= 4 is 17.7 Å². The number of piperidine rings is 1. The summed E-state index contributed by atoms with van der Waals surface area (Å²) in [6.07, 6.45) is 3.69. The lowest BCUT2D eigenvalue weighted by atomic mass is 10.1. The molecule has 2 heterocycles. The SMILES string of the molecule is COc1ccccc1OC1CCN(C(=O)c2ccc(CSC)o2)CC1. The molecule has 134 valence electrons. The van der Waals surface area contributed by atoms with E-state index in [9.17, 15) is 4.79 Å². The third-order valence-corrected chi connectivity index (χ3v) is 4.82. The predicted molar refractivity (Wildman–Crippen MR) is 98.5 cm³/mol. The molecule has 0 spiro atoms. The van der Waals surface area contributed by atoms with Gasteiger partial charge < -0.3 is 18.8 Å². The Hall–Kier alpha value is -2.08. The summed E-state index contributed by atoms with van der Waals surface area (Å²) in [5, 5.41) is 0. The number of benzene rings is 1. The van der Waals surface area contributed by atoms with Crippen LogP contribution in [-0.4, -0.2) is 43.4 Å². The van der Waals surface area contributed by atoms with Gasteiger partial charge in [0.2, 0.25) is 0 Å². The minimum absolute atomic E-state index is 0.0388. The van der Waals surface area contributed by atoms with Crippen LogP contribution in [0.5, 0.6) is 11.5 Å². The molecule has 1 saturated heterocycles. The van der Waals surface area contributed by atoms with Crippen molar-refractivity contribution in [1.82, 2.24) is 4.90 Å². The summed E-state index contributed by atoms with van der Waals surface area (Å²) in [4.78, 5) is 14.4. The number of thioether (sulfide) groups is 1. The van der Waals surface area contributed by atoms with Crippen molar-refractivity contribution < 1.29 is 18.7 Å². The first kappa shape index (κ1) is 17.7. The van der Waals surface area contributed by atoms with Crippen molar-refractivity contribution in [3.63, 3.8) is 0 Å². The molecule has 0 aliphatic carbocycles. The fraction of sp³-hybridized carbons (Fsp3) is 0.421. The predicted octanol–water partition coefficient (Wildman–Crippen LogP) is 3.83. The van der Waals surface area contributed by atoms with Crippen LogP contribution >= 0.6 is 11.8 Å². The number of amides is 1. The van der Waals surface area contributed by atoms with Gasteiger partial charge >= 0.3 is 0 Å². The van der Waals surface area contributed by atoms with Crippen molar-refractivity contribution in [2.75, 3.05) is 26.5 Å². The quantitative estimate of drug-likeness (QED) is 0.782. The number of rotatable bonds is 6. The van der Waals surface area contributed by atoms with Crippen LogP contribution in [0.4, 0.5) is 0 Å². The number of methoxy groups -OCH3 is 1. The summed E-state index contributed by atoms with van der Waals surface area (Å²) in [6, 6.07) is 11.3. The van der Waals surface area contributed by atoms with Gasteiger partial charge in [-0.2, -0.15) is 11.8 Å². The molecule has 0 atom stereocenters. The normalized spacial score (nSPS) is 15.2. The first-order chi connectivity index (χ1) is 12.2. The van der Waals surface area contributed by atoms with Crippen LogP contribution in [0.1, 0.15) is 29.2 Å². The van der Waals surface area contributed by atoms with Gasteiger partial charge in [0, 0.05) is 25.9 Å². The molecule has 0 bridgehead atoms. The summed E-state index contributed by atoms with van der Waals surface area (Å²) in [5.74, 6) is 3.49. The number of hydrogen-bond donors (Lipinski definition) is 0. The minimum Gasteiger partial charge on any atom is -0.493 e. The zero-order chi connectivity index (χ0) is 17.6. The molecule has 0 unspecified atom stereocenters. The van der Waals surface area contributed by atoms with E-state index in [2.05, 4.69) is 0 Å². The Kier molecular flexibility index (Phi) is 5.91. The van der Waals surface area contributed by atoms with Gasteiger partial charge in [-0.3, -0.25) is 4.79 Å². The van der Waals surface area contributed by atoms with E-state index in [0.29, 0.717) is 18.8 Å². The Morgan fingerprint density at radius 3 is 2.60 bits per heavy atom. The topological polar surface area (TPSA) is 51.9 Å². The summed E-state index contributed by atoms with van der Waals surface area (Å²) in [6.45, 7) is 1.33. The monoisotopic (exact) mass is 361 g/mol. The maximum atomic E-state index is 12.5. The maximum absolute atomic E-state index is 12.5. The van der Waals surface area contributed by atoms with Crippen LogP contribution < -0.4 is 9.47 Å². The number of carbonyl (C=O) groups is 1. The number of carbonyl (C=O) groups excluding carboxylic acids is 1. The lowest BCUT2D eigenvalue weighted by Gasteiger charge is -2.32. The van der Waals surface area contributed by atoms with E-state index in [-0.39, 0.29) is 12.0 Å². The fourth-order valence-electron chi connectivity index (χ4n) is 2.94. The summed E-state index contributed by atoms with van der Waals surface area (Å²) in [5.41, 5.74) is 0. The van der Waals surface area contributed by atoms with Crippen molar-refractivity contribution in [1.29, 1.82) is 0 Å². The molecule has 5 nitrogen and oxygen atoms in total. The molecule has 1 aromatic carbocycles. The van der Waals surface area contributed by atoms with Crippen LogP contribution in [0, 0.1) is 0 Å². The molecule has 1 amide bonds. The van der Waals surface area contributed by atoms with Gasteiger partial charge in [-0.05, 0) is 30.5 Å². The molecule has 1 aliphatic rings. The molecule has 0 saturated carbocycles. The number of furan rings is 1. The van der Waals surface area contributed by atoms with E-state index in [1.807, 2.05) is 41.5 Å². The van der Waals surface area contributed by atoms with E-state index < -0.39 is 0 Å². The van der Waals surface area contributed by atoms with Gasteiger partial charge in [0.25, 0.3) is 5.91 Å². The Morgan fingerprint density at radius 1 is 1.20 bits per heavy atom. The van der Waals surface area contributed by atoms with E-state index in [0.717, 1.165) is 35.9 Å². The molecule has 1 aromatic heterocycles. The third-order valence-electron chi connectivity index (χ3n) is 4.25. The molecule has 1 fully saturated rings. The second-order valence-electron chi connectivity index (χ2n) is 5.96. The Labute approximate surface area is 152 Å². The highest BCUT2D eigenvalue weighted by molar-refractivity contribution is 7.97. The molecule has 0 N–H and O–H groups in total. The molecular weight excluding hydrogens is 338 g/mol. The molecular formula is C19H23NO4S. The fourth-order valence-corrected chi connectivity index (χ4v) is 3.38. The summed E-state index contributed by atoms with van der Waals surface area (Å²) >= 11 is 1.67. The van der Waals surface area contributed by atoms with E-state index in [1.54, 1.807) is 24.9 Å². The van der Waals surface area contributed by atoms with E-state index >= 15 is 0 Å². The van der Waals surface area contributed by atoms with Gasteiger partial charge in [0.1, 0.15) is 11.9 Å². The van der Waals surface area contributed by atoms with Crippen molar-refractivity contribution in [3.8, 4) is 11.5 Å². The highest BCUT2D eigenvalue weighted by Gasteiger charge is 2.26. The largest absolute Gasteiger partial charge is 0.493 e. The van der Waals surface area contributed by atoms with Crippen molar-refractivity contribution in [2.24, 2.45) is 0 Å². The van der Waals surface area contributed by atoms with Crippen LogP contribution in [0.3, 0.4) is 0 Å². The number of nitrogens with zero attached hydrogens (tertiary/aromatic N) is 1. The Bertz CT molecular complexity index is 707. The molecule has 1 aliphatic heterocycles. The van der Waals surface area contributed by atoms with Gasteiger partial charge in [0.05, 0.1) is 12.9 Å². The van der Waals surface area contributed by atoms with Crippen LogP contribution in [0.2, 0.25) is 0 Å². The van der Waals surface area contributed by atoms with Crippen molar-refractivity contribution in [3.05, 3.63) is 47.9 Å². The van der Waals surface area contributed by atoms with Gasteiger partial charge in [-0.25, -0.2) is 0 Å². The lowest BCUT2D eigenvalue weighted by Crippen LogP contribution is -2.41. The minimum atomic E-state index is -0.0388. The van der Waals surface area contributed by atoms with Crippen molar-refractivity contribution in [2.45, 2.75) is 24.7 Å². The number of para-hydroxylation sites is 2. The lowest BCUT2D eigenvalue weighted by molar-refractivity contribution is 0.0561. The molecule has 25 heavy (non-hydrogen) atoms. The molecule has 3 rings (SSSR count). The third kappa shape index (κ3) is 4.31. The first-order valence-electron chi connectivity index (χ1n) is 8.38. The van der Waals surface area contributed by atoms with Gasteiger partial charge in [0.15, 0.2) is 17.3 Å². The van der Waals surface area contributed by atoms with Gasteiger partial charge in [-0.1, -0.05) is 12.1 Å². The van der Waals surface area contributed by atoms with Gasteiger partial charge in [-0.15, -0.1) is 0 Å². The van der Waals surface area contributed by atoms with Crippen LogP contribution in [-0.2, 0) is 5.75 Å². The maximum Gasteiger partial charge on any atom is 0.289 e. The molecule has 0 radical (unpaired) electrons. The molecule has 6 heteroatoms. The average molecular weight is 361 g/mol. The number of hydrogen-bond acceptors (Lipinski definition) is 5. The number of likely N-dealkylation sites (tertiary alicyclic amines) is 1. The Balaban J connectivity index is 1.55. The zero-order valence-electron chi connectivity index (χ0n) is 14.6. The average Bonchev–Trinajstić information content (AvgIpc) is 3.11. The van der Waals surface area contributed by atoms with E-state index in [4.69, 9.17) is 13.9 Å². The Morgan fingerprint density at radius 2 is 1.92 bits per heavy atom. The molecule has 2 aromatic rings.